The average Bonchev–Trinajstić information content (AvgIpc) is 2.31. The fourth-order valence-electron chi connectivity index (χ4n) is 2.01. The lowest BCUT2D eigenvalue weighted by Crippen LogP contribution is -2.03. The lowest BCUT2D eigenvalue weighted by atomic mass is 9.96. The first-order valence-corrected chi connectivity index (χ1v) is 6.96. The zero-order valence-corrected chi connectivity index (χ0v) is 12.9. The van der Waals surface area contributed by atoms with Crippen molar-refractivity contribution in [2.75, 3.05) is 0 Å². The third kappa shape index (κ3) is 3.16. The van der Waals surface area contributed by atoms with Gasteiger partial charge in [0.1, 0.15) is 11.9 Å². The number of halogens is 3. The van der Waals surface area contributed by atoms with Gasteiger partial charge in [0.2, 0.25) is 0 Å². The molecule has 0 aliphatic carbocycles. The van der Waals surface area contributed by atoms with Gasteiger partial charge >= 0.3 is 0 Å². The highest BCUT2D eigenvalue weighted by molar-refractivity contribution is 9.10. The lowest BCUT2D eigenvalue weighted by Gasteiger charge is -2.16. The maximum Gasteiger partial charge on any atom is 0.124 e. The van der Waals surface area contributed by atoms with Crippen molar-refractivity contribution in [1.29, 1.82) is 0 Å². The SMILES string of the molecule is Cc1cc(C(O)c2cc(F)cc(Br)c2)c(C)cc1Cl. The summed E-state index contributed by atoms with van der Waals surface area (Å²) in [5.74, 6) is -0.383. The normalized spacial score (nSPS) is 12.5. The van der Waals surface area contributed by atoms with Crippen molar-refractivity contribution in [3.63, 3.8) is 0 Å². The van der Waals surface area contributed by atoms with Gasteiger partial charge in [-0.2, -0.15) is 0 Å². The third-order valence-electron chi connectivity index (χ3n) is 3.04. The zero-order chi connectivity index (χ0) is 14.2. The van der Waals surface area contributed by atoms with E-state index in [2.05, 4.69) is 15.9 Å². The Morgan fingerprint density at radius 1 is 1.11 bits per heavy atom. The molecule has 0 heterocycles. The van der Waals surface area contributed by atoms with Gasteiger partial charge in [-0.15, -0.1) is 0 Å². The zero-order valence-electron chi connectivity index (χ0n) is 10.5. The van der Waals surface area contributed by atoms with Crippen molar-refractivity contribution < 1.29 is 9.50 Å². The van der Waals surface area contributed by atoms with Gasteiger partial charge in [-0.1, -0.05) is 33.6 Å². The van der Waals surface area contributed by atoms with Crippen LogP contribution in [0.5, 0.6) is 0 Å². The first-order valence-electron chi connectivity index (χ1n) is 5.79. The van der Waals surface area contributed by atoms with Crippen LogP contribution in [0.1, 0.15) is 28.4 Å². The molecule has 0 saturated carbocycles. The highest BCUT2D eigenvalue weighted by atomic mass is 79.9. The number of rotatable bonds is 2. The molecule has 1 nitrogen and oxygen atoms in total. The van der Waals surface area contributed by atoms with Crippen LogP contribution in [0.3, 0.4) is 0 Å². The van der Waals surface area contributed by atoms with Crippen molar-refractivity contribution in [2.45, 2.75) is 20.0 Å². The van der Waals surface area contributed by atoms with E-state index in [-0.39, 0.29) is 5.82 Å². The number of aliphatic hydroxyl groups excluding tert-OH is 1. The summed E-state index contributed by atoms with van der Waals surface area (Å²) in [4.78, 5) is 0. The predicted octanol–water partition coefficient (Wildman–Crippen LogP) is 4.94. The van der Waals surface area contributed by atoms with E-state index >= 15 is 0 Å². The number of aliphatic hydroxyl groups is 1. The van der Waals surface area contributed by atoms with Crippen LogP contribution in [-0.2, 0) is 0 Å². The first-order chi connectivity index (χ1) is 8.88. The van der Waals surface area contributed by atoms with Gasteiger partial charge < -0.3 is 5.11 Å². The van der Waals surface area contributed by atoms with Crippen LogP contribution in [0.15, 0.2) is 34.8 Å². The van der Waals surface area contributed by atoms with E-state index in [9.17, 15) is 9.50 Å². The molecule has 0 aliphatic rings. The molecular weight excluding hydrogens is 331 g/mol. The minimum atomic E-state index is -0.872. The second-order valence-electron chi connectivity index (χ2n) is 4.56. The van der Waals surface area contributed by atoms with Gasteiger partial charge in [0.15, 0.2) is 0 Å². The molecule has 0 amide bonds. The van der Waals surface area contributed by atoms with Crippen molar-refractivity contribution in [3.05, 3.63) is 67.9 Å². The van der Waals surface area contributed by atoms with Gasteiger partial charge in [0.25, 0.3) is 0 Å². The molecule has 0 bridgehead atoms. The predicted molar refractivity (Wildman–Crippen MR) is 79.1 cm³/mol. The maximum atomic E-state index is 13.4. The fraction of sp³-hybridized carbons (Fsp3) is 0.200. The third-order valence-corrected chi connectivity index (χ3v) is 3.91. The average molecular weight is 344 g/mol. The minimum absolute atomic E-state index is 0.383. The molecule has 2 aromatic rings. The Kier molecular flexibility index (Phi) is 4.29. The molecule has 2 aromatic carbocycles. The molecule has 0 aromatic heterocycles. The molecule has 2 rings (SSSR count). The van der Waals surface area contributed by atoms with Gasteiger partial charge in [-0.3, -0.25) is 0 Å². The smallest absolute Gasteiger partial charge is 0.124 e. The minimum Gasteiger partial charge on any atom is -0.384 e. The van der Waals surface area contributed by atoms with Crippen molar-refractivity contribution >= 4 is 27.5 Å². The van der Waals surface area contributed by atoms with Crippen LogP contribution in [-0.4, -0.2) is 5.11 Å². The van der Waals surface area contributed by atoms with E-state index in [1.54, 1.807) is 6.07 Å². The molecule has 0 saturated heterocycles. The summed E-state index contributed by atoms with van der Waals surface area (Å²) in [5.41, 5.74) is 3.01. The number of hydrogen-bond acceptors (Lipinski definition) is 1. The summed E-state index contributed by atoms with van der Waals surface area (Å²) >= 11 is 9.26. The van der Waals surface area contributed by atoms with E-state index in [1.807, 2.05) is 26.0 Å². The number of benzene rings is 2. The number of hydrogen-bond donors (Lipinski definition) is 1. The van der Waals surface area contributed by atoms with Gasteiger partial charge in [-0.05, 0) is 60.4 Å². The molecule has 0 spiro atoms. The monoisotopic (exact) mass is 342 g/mol. The maximum absolute atomic E-state index is 13.4. The van der Waals surface area contributed by atoms with Crippen molar-refractivity contribution in [2.24, 2.45) is 0 Å². The topological polar surface area (TPSA) is 20.2 Å². The Hall–Kier alpha value is -0.900. The Balaban J connectivity index is 2.49. The van der Waals surface area contributed by atoms with Crippen LogP contribution in [0.25, 0.3) is 0 Å². The fourth-order valence-corrected chi connectivity index (χ4v) is 2.71. The second-order valence-corrected chi connectivity index (χ2v) is 5.89. The number of aryl methyl sites for hydroxylation is 2. The summed E-state index contributed by atoms with van der Waals surface area (Å²) in [6, 6.07) is 8.04. The van der Waals surface area contributed by atoms with Crippen LogP contribution >= 0.6 is 27.5 Å². The molecule has 19 heavy (non-hydrogen) atoms. The highest BCUT2D eigenvalue weighted by Gasteiger charge is 2.15. The summed E-state index contributed by atoms with van der Waals surface area (Å²) in [6.07, 6.45) is -0.872. The van der Waals surface area contributed by atoms with Crippen LogP contribution in [0.2, 0.25) is 5.02 Å². The van der Waals surface area contributed by atoms with E-state index in [0.717, 1.165) is 16.7 Å². The van der Waals surface area contributed by atoms with E-state index in [4.69, 9.17) is 11.6 Å². The van der Waals surface area contributed by atoms with E-state index < -0.39 is 6.10 Å². The second kappa shape index (κ2) is 5.61. The molecule has 1 N–H and O–H groups in total. The largest absolute Gasteiger partial charge is 0.384 e. The molecule has 0 aliphatic heterocycles. The summed E-state index contributed by atoms with van der Waals surface area (Å²) in [5, 5.41) is 11.1. The molecule has 1 unspecified atom stereocenters. The van der Waals surface area contributed by atoms with Crippen LogP contribution in [0, 0.1) is 19.7 Å². The first kappa shape index (κ1) is 14.5. The Morgan fingerprint density at radius 2 is 1.79 bits per heavy atom. The summed E-state index contributed by atoms with van der Waals surface area (Å²) in [7, 11) is 0. The standard InChI is InChI=1S/C15H13BrClFO/c1-8-4-14(17)9(2)3-13(8)15(19)10-5-11(16)7-12(18)6-10/h3-7,15,19H,1-2H3. The lowest BCUT2D eigenvalue weighted by molar-refractivity contribution is 0.219. The Morgan fingerprint density at radius 3 is 2.42 bits per heavy atom. The summed E-state index contributed by atoms with van der Waals surface area (Å²) < 4.78 is 14.0. The van der Waals surface area contributed by atoms with Gasteiger partial charge in [0, 0.05) is 9.50 Å². The Labute approximate surface area is 125 Å². The van der Waals surface area contributed by atoms with E-state index in [0.29, 0.717) is 15.1 Å². The molecule has 100 valence electrons. The molecular formula is C15H13BrClFO. The molecule has 0 radical (unpaired) electrons. The van der Waals surface area contributed by atoms with E-state index in [1.165, 1.54) is 12.1 Å². The summed E-state index contributed by atoms with van der Waals surface area (Å²) in [6.45, 7) is 3.75. The van der Waals surface area contributed by atoms with Crippen molar-refractivity contribution in [1.82, 2.24) is 0 Å². The van der Waals surface area contributed by atoms with Crippen molar-refractivity contribution in [3.8, 4) is 0 Å². The van der Waals surface area contributed by atoms with Gasteiger partial charge in [-0.25, -0.2) is 4.39 Å². The quantitative estimate of drug-likeness (QED) is 0.819. The Bertz CT molecular complexity index is 608. The molecule has 0 fully saturated rings. The van der Waals surface area contributed by atoms with Crippen LogP contribution in [0.4, 0.5) is 4.39 Å². The van der Waals surface area contributed by atoms with Gasteiger partial charge in [0.05, 0.1) is 0 Å². The molecule has 4 heteroatoms. The highest BCUT2D eigenvalue weighted by Crippen LogP contribution is 2.30. The molecule has 1 atom stereocenters. The van der Waals surface area contributed by atoms with Crippen LogP contribution < -0.4 is 0 Å².